The third kappa shape index (κ3) is 3.42. The number of aromatic nitrogens is 4. The Labute approximate surface area is 149 Å². The molecule has 0 aliphatic rings. The second-order valence-electron chi connectivity index (χ2n) is 5.60. The van der Waals surface area contributed by atoms with Crippen molar-refractivity contribution >= 4 is 32.7 Å². The molecule has 0 bridgehead atoms. The van der Waals surface area contributed by atoms with E-state index in [-0.39, 0.29) is 0 Å². The second-order valence-corrected chi connectivity index (χ2v) is 6.51. The SMILES string of the molecule is COCCn1nc(C)c(CNc2ccnc3cc(Br)cnc23)c1C. The van der Waals surface area contributed by atoms with Gasteiger partial charge in [-0.2, -0.15) is 5.10 Å². The van der Waals surface area contributed by atoms with Crippen LogP contribution in [0.5, 0.6) is 0 Å². The van der Waals surface area contributed by atoms with Gasteiger partial charge in [0.25, 0.3) is 0 Å². The Hall–Kier alpha value is -1.99. The molecule has 0 saturated heterocycles. The number of pyridine rings is 2. The Bertz CT molecular complexity index is 862. The van der Waals surface area contributed by atoms with Crippen LogP contribution in [0.25, 0.3) is 11.0 Å². The minimum atomic E-state index is 0.655. The summed E-state index contributed by atoms with van der Waals surface area (Å²) in [6.45, 7) is 6.24. The molecule has 24 heavy (non-hydrogen) atoms. The molecule has 126 valence electrons. The maximum absolute atomic E-state index is 5.14. The van der Waals surface area contributed by atoms with Gasteiger partial charge in [0.15, 0.2) is 0 Å². The fraction of sp³-hybridized carbons (Fsp3) is 0.353. The van der Waals surface area contributed by atoms with E-state index in [4.69, 9.17) is 4.74 Å². The summed E-state index contributed by atoms with van der Waals surface area (Å²) in [4.78, 5) is 8.84. The zero-order chi connectivity index (χ0) is 17.1. The summed E-state index contributed by atoms with van der Waals surface area (Å²) in [5.74, 6) is 0. The normalized spacial score (nSPS) is 11.2. The van der Waals surface area contributed by atoms with E-state index in [0.717, 1.165) is 39.1 Å². The van der Waals surface area contributed by atoms with Crippen LogP contribution in [-0.4, -0.2) is 33.5 Å². The Morgan fingerprint density at radius 1 is 1.29 bits per heavy atom. The lowest BCUT2D eigenvalue weighted by Crippen LogP contribution is -2.08. The minimum Gasteiger partial charge on any atom is -0.383 e. The van der Waals surface area contributed by atoms with Gasteiger partial charge in [0, 0.05) is 41.8 Å². The highest BCUT2D eigenvalue weighted by atomic mass is 79.9. The molecule has 0 aliphatic carbocycles. The van der Waals surface area contributed by atoms with Crippen molar-refractivity contribution in [3.63, 3.8) is 0 Å². The third-order valence-electron chi connectivity index (χ3n) is 4.04. The van der Waals surface area contributed by atoms with Crippen LogP contribution >= 0.6 is 15.9 Å². The van der Waals surface area contributed by atoms with E-state index in [9.17, 15) is 0 Å². The van der Waals surface area contributed by atoms with Crippen LogP contribution in [0.1, 0.15) is 17.0 Å². The van der Waals surface area contributed by atoms with Gasteiger partial charge in [-0.05, 0) is 41.9 Å². The summed E-state index contributed by atoms with van der Waals surface area (Å²) < 4.78 is 8.06. The van der Waals surface area contributed by atoms with Crippen LogP contribution in [0.2, 0.25) is 0 Å². The van der Waals surface area contributed by atoms with Crippen LogP contribution in [0.3, 0.4) is 0 Å². The van der Waals surface area contributed by atoms with E-state index in [1.807, 2.05) is 23.7 Å². The fourth-order valence-corrected chi connectivity index (χ4v) is 3.04. The number of hydrogen-bond donors (Lipinski definition) is 1. The van der Waals surface area contributed by atoms with Gasteiger partial charge in [0.2, 0.25) is 0 Å². The summed E-state index contributed by atoms with van der Waals surface area (Å²) in [6.07, 6.45) is 3.58. The highest BCUT2D eigenvalue weighted by Crippen LogP contribution is 2.23. The van der Waals surface area contributed by atoms with Gasteiger partial charge < -0.3 is 10.1 Å². The first-order valence-electron chi connectivity index (χ1n) is 7.76. The average molecular weight is 390 g/mol. The number of aryl methyl sites for hydroxylation is 1. The molecule has 3 rings (SSSR count). The van der Waals surface area contributed by atoms with Crippen molar-refractivity contribution in [1.29, 1.82) is 0 Å². The first-order valence-corrected chi connectivity index (χ1v) is 8.55. The smallest absolute Gasteiger partial charge is 0.112 e. The predicted molar refractivity (Wildman–Crippen MR) is 98.1 cm³/mol. The van der Waals surface area contributed by atoms with Crippen molar-refractivity contribution < 1.29 is 4.74 Å². The Kier molecular flexibility index (Phi) is 5.11. The predicted octanol–water partition coefficient (Wildman–Crippen LogP) is 3.46. The van der Waals surface area contributed by atoms with Crippen LogP contribution in [-0.2, 0) is 17.8 Å². The van der Waals surface area contributed by atoms with E-state index >= 15 is 0 Å². The van der Waals surface area contributed by atoms with Crippen molar-refractivity contribution in [2.45, 2.75) is 26.9 Å². The molecule has 0 saturated carbocycles. The molecule has 6 nitrogen and oxygen atoms in total. The number of fused-ring (bicyclic) bond motifs is 1. The standard InChI is InChI=1S/C17H20BrN5O/c1-11-14(12(2)23(22-11)6-7-24-3)10-20-15-4-5-19-16-8-13(18)9-21-17(15)16/h4-5,8-9H,6-7,10H2,1-3H3,(H,19,20). The number of ether oxygens (including phenoxy) is 1. The third-order valence-corrected chi connectivity index (χ3v) is 4.47. The van der Waals surface area contributed by atoms with E-state index < -0.39 is 0 Å². The molecule has 0 unspecified atom stereocenters. The zero-order valence-electron chi connectivity index (χ0n) is 14.0. The fourth-order valence-electron chi connectivity index (χ4n) is 2.72. The Morgan fingerprint density at radius 3 is 2.92 bits per heavy atom. The molecule has 0 amide bonds. The van der Waals surface area contributed by atoms with Gasteiger partial charge in [0.05, 0.1) is 30.0 Å². The molecular weight excluding hydrogens is 370 g/mol. The molecule has 3 aromatic heterocycles. The maximum Gasteiger partial charge on any atom is 0.112 e. The molecule has 0 fully saturated rings. The largest absolute Gasteiger partial charge is 0.383 e. The summed E-state index contributed by atoms with van der Waals surface area (Å²) in [6, 6.07) is 3.91. The molecular formula is C17H20BrN5O. The summed E-state index contributed by atoms with van der Waals surface area (Å²) in [7, 11) is 1.70. The van der Waals surface area contributed by atoms with Crippen LogP contribution in [0.15, 0.2) is 29.0 Å². The van der Waals surface area contributed by atoms with Gasteiger partial charge in [-0.1, -0.05) is 0 Å². The molecule has 0 spiro atoms. The molecule has 7 heteroatoms. The Morgan fingerprint density at radius 2 is 2.12 bits per heavy atom. The summed E-state index contributed by atoms with van der Waals surface area (Å²) in [5.41, 5.74) is 6.08. The molecule has 0 atom stereocenters. The average Bonchev–Trinajstić information content (AvgIpc) is 2.84. The molecule has 3 heterocycles. The van der Waals surface area contributed by atoms with Crippen molar-refractivity contribution in [3.05, 3.63) is 46.0 Å². The van der Waals surface area contributed by atoms with Gasteiger partial charge in [-0.15, -0.1) is 0 Å². The lowest BCUT2D eigenvalue weighted by molar-refractivity contribution is 0.182. The second kappa shape index (κ2) is 7.27. The van der Waals surface area contributed by atoms with Crippen molar-refractivity contribution in [2.75, 3.05) is 19.0 Å². The summed E-state index contributed by atoms with van der Waals surface area (Å²) >= 11 is 3.43. The van der Waals surface area contributed by atoms with E-state index in [1.54, 1.807) is 19.5 Å². The lowest BCUT2D eigenvalue weighted by atomic mass is 10.2. The topological polar surface area (TPSA) is 64.9 Å². The lowest BCUT2D eigenvalue weighted by Gasteiger charge is -2.10. The van der Waals surface area contributed by atoms with Crippen molar-refractivity contribution in [2.24, 2.45) is 0 Å². The number of halogens is 1. The van der Waals surface area contributed by atoms with E-state index in [0.29, 0.717) is 13.2 Å². The number of anilines is 1. The van der Waals surface area contributed by atoms with Crippen molar-refractivity contribution in [1.82, 2.24) is 19.7 Å². The number of nitrogens with zero attached hydrogens (tertiary/aromatic N) is 4. The van der Waals surface area contributed by atoms with Crippen LogP contribution < -0.4 is 5.32 Å². The Balaban J connectivity index is 1.83. The zero-order valence-corrected chi connectivity index (χ0v) is 15.6. The molecule has 1 N–H and O–H groups in total. The van der Waals surface area contributed by atoms with Gasteiger partial charge in [-0.3, -0.25) is 14.6 Å². The van der Waals surface area contributed by atoms with Crippen LogP contribution in [0, 0.1) is 13.8 Å². The van der Waals surface area contributed by atoms with Crippen LogP contribution in [0.4, 0.5) is 5.69 Å². The molecule has 0 aromatic carbocycles. The number of methoxy groups -OCH3 is 1. The highest BCUT2D eigenvalue weighted by Gasteiger charge is 2.12. The molecule has 0 radical (unpaired) electrons. The number of hydrogen-bond acceptors (Lipinski definition) is 5. The minimum absolute atomic E-state index is 0.655. The van der Waals surface area contributed by atoms with Gasteiger partial charge >= 0.3 is 0 Å². The first-order chi connectivity index (χ1) is 11.6. The molecule has 0 aliphatic heterocycles. The van der Waals surface area contributed by atoms with Crippen molar-refractivity contribution in [3.8, 4) is 0 Å². The molecule has 3 aromatic rings. The van der Waals surface area contributed by atoms with Gasteiger partial charge in [0.1, 0.15) is 5.52 Å². The van der Waals surface area contributed by atoms with Gasteiger partial charge in [-0.25, -0.2) is 0 Å². The number of rotatable bonds is 6. The maximum atomic E-state index is 5.14. The van der Waals surface area contributed by atoms with E-state index in [1.165, 1.54) is 5.56 Å². The quantitative estimate of drug-likeness (QED) is 0.698. The highest BCUT2D eigenvalue weighted by molar-refractivity contribution is 9.10. The summed E-state index contributed by atoms with van der Waals surface area (Å²) in [5, 5.41) is 8.07. The number of nitrogens with one attached hydrogen (secondary N) is 1. The first kappa shape index (κ1) is 16.9. The monoisotopic (exact) mass is 389 g/mol. The van der Waals surface area contributed by atoms with E-state index in [2.05, 4.69) is 43.2 Å².